The van der Waals surface area contributed by atoms with Gasteiger partial charge in [0, 0.05) is 43.0 Å². The van der Waals surface area contributed by atoms with Crippen molar-refractivity contribution < 1.29 is 18.7 Å². The quantitative estimate of drug-likeness (QED) is 0.409. The standard InChI is InChI=1S/C31H38ClFN2O3/c32-25-10-12-27(13-11-25)38-23-30(21-28(36)34-17-4-1-5-18-34)14-7-19-35(22-30)29(37)31(15-2-3-16-31)24-8-6-9-26(33)20-24/h6,8-13,20H,1-5,7,14-19,21-23H2/t30-/m0/s1. The molecule has 2 heterocycles. The van der Waals surface area contributed by atoms with Crippen molar-refractivity contribution in [2.75, 3.05) is 32.8 Å². The highest BCUT2D eigenvalue weighted by Gasteiger charge is 2.48. The molecule has 1 atom stereocenters. The van der Waals surface area contributed by atoms with Crippen LogP contribution in [-0.4, -0.2) is 54.4 Å². The van der Waals surface area contributed by atoms with Crippen LogP contribution in [-0.2, 0) is 15.0 Å². The smallest absolute Gasteiger partial charge is 0.233 e. The molecule has 5 nitrogen and oxygen atoms in total. The number of carbonyl (C=O) groups is 2. The molecule has 0 radical (unpaired) electrons. The summed E-state index contributed by atoms with van der Waals surface area (Å²) in [6, 6.07) is 13.8. The van der Waals surface area contributed by atoms with Gasteiger partial charge in [-0.3, -0.25) is 9.59 Å². The van der Waals surface area contributed by atoms with Crippen molar-refractivity contribution in [2.24, 2.45) is 5.41 Å². The lowest BCUT2D eigenvalue weighted by atomic mass is 9.74. The Morgan fingerprint density at radius 3 is 2.29 bits per heavy atom. The molecular weight excluding hydrogens is 503 g/mol. The predicted molar refractivity (Wildman–Crippen MR) is 147 cm³/mol. The predicted octanol–water partition coefficient (Wildman–Crippen LogP) is 6.38. The monoisotopic (exact) mass is 540 g/mol. The van der Waals surface area contributed by atoms with E-state index in [0.29, 0.717) is 36.9 Å². The third-order valence-corrected chi connectivity index (χ3v) is 9.04. The first kappa shape index (κ1) is 27.0. The number of ether oxygens (including phenoxy) is 1. The van der Waals surface area contributed by atoms with Gasteiger partial charge in [0.2, 0.25) is 11.8 Å². The van der Waals surface area contributed by atoms with Crippen LogP contribution in [0, 0.1) is 11.2 Å². The van der Waals surface area contributed by atoms with E-state index in [9.17, 15) is 14.0 Å². The van der Waals surface area contributed by atoms with Gasteiger partial charge in [0.15, 0.2) is 0 Å². The van der Waals surface area contributed by atoms with Crippen LogP contribution >= 0.6 is 11.6 Å². The van der Waals surface area contributed by atoms with Crippen LogP contribution in [0.2, 0.25) is 5.02 Å². The molecular formula is C31H38ClFN2O3. The largest absolute Gasteiger partial charge is 0.493 e. The number of rotatable bonds is 7. The van der Waals surface area contributed by atoms with E-state index in [1.807, 2.05) is 28.0 Å². The Balaban J connectivity index is 1.39. The molecule has 3 fully saturated rings. The van der Waals surface area contributed by atoms with Crippen LogP contribution < -0.4 is 4.74 Å². The molecule has 0 bridgehead atoms. The van der Waals surface area contributed by atoms with Crippen LogP contribution in [0.1, 0.15) is 69.8 Å². The number of benzene rings is 2. The summed E-state index contributed by atoms with van der Waals surface area (Å²) in [5.41, 5.74) is -0.402. The maximum Gasteiger partial charge on any atom is 0.233 e. The highest BCUT2D eigenvalue weighted by Crippen LogP contribution is 2.45. The Morgan fingerprint density at radius 2 is 1.58 bits per heavy atom. The molecule has 2 aliphatic heterocycles. The summed E-state index contributed by atoms with van der Waals surface area (Å²) in [5.74, 6) is 0.619. The van der Waals surface area contributed by atoms with Gasteiger partial charge in [0.05, 0.1) is 12.0 Å². The van der Waals surface area contributed by atoms with Gasteiger partial charge >= 0.3 is 0 Å². The fourth-order valence-electron chi connectivity index (χ4n) is 6.73. The summed E-state index contributed by atoms with van der Waals surface area (Å²) in [6.07, 6.45) is 8.60. The van der Waals surface area contributed by atoms with Gasteiger partial charge in [0.1, 0.15) is 11.6 Å². The molecule has 2 amide bonds. The maximum absolute atomic E-state index is 14.3. The molecule has 0 aromatic heterocycles. The van der Waals surface area contributed by atoms with Crippen molar-refractivity contribution in [3.8, 4) is 5.75 Å². The van der Waals surface area contributed by atoms with E-state index in [2.05, 4.69) is 0 Å². The van der Waals surface area contributed by atoms with Crippen molar-refractivity contribution in [1.82, 2.24) is 9.80 Å². The highest BCUT2D eigenvalue weighted by molar-refractivity contribution is 6.30. The number of nitrogens with zero attached hydrogens (tertiary/aromatic N) is 2. The summed E-state index contributed by atoms with van der Waals surface area (Å²) in [4.78, 5) is 31.7. The second-order valence-electron chi connectivity index (χ2n) is 11.5. The highest BCUT2D eigenvalue weighted by atomic mass is 35.5. The number of piperidine rings is 2. The van der Waals surface area contributed by atoms with Crippen LogP contribution in [0.25, 0.3) is 0 Å². The zero-order valence-electron chi connectivity index (χ0n) is 22.1. The topological polar surface area (TPSA) is 49.9 Å². The summed E-state index contributed by atoms with van der Waals surface area (Å²) in [7, 11) is 0. The number of hydrogen-bond acceptors (Lipinski definition) is 3. The number of amides is 2. The summed E-state index contributed by atoms with van der Waals surface area (Å²) in [6.45, 7) is 3.08. The van der Waals surface area contributed by atoms with E-state index >= 15 is 0 Å². The first-order valence-corrected chi connectivity index (χ1v) is 14.5. The van der Waals surface area contributed by atoms with Gasteiger partial charge in [-0.2, -0.15) is 0 Å². The van der Waals surface area contributed by atoms with E-state index < -0.39 is 10.8 Å². The molecule has 1 saturated carbocycles. The summed E-state index contributed by atoms with van der Waals surface area (Å²) in [5, 5.41) is 0.640. The molecule has 2 aromatic rings. The van der Waals surface area contributed by atoms with E-state index in [1.165, 1.54) is 18.6 Å². The lowest BCUT2D eigenvalue weighted by Gasteiger charge is -2.46. The van der Waals surface area contributed by atoms with Crippen LogP contribution in [0.5, 0.6) is 5.75 Å². The molecule has 0 N–H and O–H groups in total. The van der Waals surface area contributed by atoms with Gasteiger partial charge < -0.3 is 14.5 Å². The van der Waals surface area contributed by atoms with Gasteiger partial charge in [-0.15, -0.1) is 0 Å². The maximum atomic E-state index is 14.3. The third-order valence-electron chi connectivity index (χ3n) is 8.79. The van der Waals surface area contributed by atoms with Crippen molar-refractivity contribution in [3.05, 3.63) is 64.9 Å². The molecule has 0 spiro atoms. The van der Waals surface area contributed by atoms with E-state index in [4.69, 9.17) is 16.3 Å². The van der Waals surface area contributed by atoms with Crippen molar-refractivity contribution in [1.29, 1.82) is 0 Å². The molecule has 5 rings (SSSR count). The average molecular weight is 541 g/mol. The Morgan fingerprint density at radius 1 is 0.868 bits per heavy atom. The van der Waals surface area contributed by atoms with Gasteiger partial charge in [0.25, 0.3) is 0 Å². The molecule has 1 aliphatic carbocycles. The molecule has 0 unspecified atom stereocenters. The second kappa shape index (κ2) is 11.6. The Kier molecular flexibility index (Phi) is 8.27. The lowest BCUT2D eigenvalue weighted by Crippen LogP contribution is -2.55. The van der Waals surface area contributed by atoms with Crippen molar-refractivity contribution >= 4 is 23.4 Å². The third kappa shape index (κ3) is 5.85. The molecule has 2 aromatic carbocycles. The van der Waals surface area contributed by atoms with Crippen molar-refractivity contribution in [3.63, 3.8) is 0 Å². The van der Waals surface area contributed by atoms with Gasteiger partial charge in [-0.05, 0) is 86.9 Å². The fourth-order valence-corrected chi connectivity index (χ4v) is 6.86. The molecule has 2 saturated heterocycles. The Hall–Kier alpha value is -2.60. The van der Waals surface area contributed by atoms with Gasteiger partial charge in [-0.25, -0.2) is 4.39 Å². The summed E-state index contributed by atoms with van der Waals surface area (Å²) >= 11 is 6.06. The van der Waals surface area contributed by atoms with Crippen molar-refractivity contribution in [2.45, 2.75) is 69.6 Å². The molecule has 38 heavy (non-hydrogen) atoms. The van der Waals surface area contributed by atoms with Crippen LogP contribution in [0.3, 0.4) is 0 Å². The zero-order valence-corrected chi connectivity index (χ0v) is 22.9. The second-order valence-corrected chi connectivity index (χ2v) is 11.9. The Bertz CT molecular complexity index is 1130. The molecule has 204 valence electrons. The van der Waals surface area contributed by atoms with E-state index in [0.717, 1.165) is 70.0 Å². The zero-order chi connectivity index (χ0) is 26.6. The molecule has 7 heteroatoms. The SMILES string of the molecule is O=C(C[C@@]1(COc2ccc(Cl)cc2)CCCN(C(=O)C2(c3cccc(F)c3)CCCC2)C1)N1CCCCC1. The average Bonchev–Trinajstić information content (AvgIpc) is 3.44. The van der Waals surface area contributed by atoms with E-state index in [1.54, 1.807) is 18.2 Å². The number of hydrogen-bond donors (Lipinski definition) is 0. The minimum absolute atomic E-state index is 0.0709. The lowest BCUT2D eigenvalue weighted by molar-refractivity contribution is -0.145. The van der Waals surface area contributed by atoms with Gasteiger partial charge in [-0.1, -0.05) is 36.6 Å². The normalized spacial score (nSPS) is 23.3. The van der Waals surface area contributed by atoms with Crippen LogP contribution in [0.4, 0.5) is 4.39 Å². The van der Waals surface area contributed by atoms with Crippen LogP contribution in [0.15, 0.2) is 48.5 Å². The van der Waals surface area contributed by atoms with E-state index in [-0.39, 0.29) is 17.6 Å². The Labute approximate surface area is 230 Å². The summed E-state index contributed by atoms with van der Waals surface area (Å²) < 4.78 is 20.5. The number of halogens is 2. The number of carbonyl (C=O) groups excluding carboxylic acids is 2. The first-order valence-electron chi connectivity index (χ1n) is 14.1. The number of likely N-dealkylation sites (tertiary alicyclic amines) is 2. The fraction of sp³-hybridized carbons (Fsp3) is 0.548. The molecule has 3 aliphatic rings. The minimum Gasteiger partial charge on any atom is -0.493 e. The first-order chi connectivity index (χ1) is 18.4. The minimum atomic E-state index is -0.695.